The first-order chi connectivity index (χ1) is 10.3. The Bertz CT molecular complexity index is 821. The van der Waals surface area contributed by atoms with Gasteiger partial charge in [-0.05, 0) is 23.6 Å². The molecular formula is C16H15FN2O2S. The van der Waals surface area contributed by atoms with Crippen molar-refractivity contribution in [1.29, 1.82) is 0 Å². The van der Waals surface area contributed by atoms with E-state index in [-0.39, 0.29) is 28.3 Å². The van der Waals surface area contributed by atoms with Crippen LogP contribution >= 0.6 is 11.3 Å². The summed E-state index contributed by atoms with van der Waals surface area (Å²) in [4.78, 5) is 20.5. The van der Waals surface area contributed by atoms with Crippen molar-refractivity contribution < 1.29 is 14.3 Å². The minimum atomic E-state index is -0.322. The summed E-state index contributed by atoms with van der Waals surface area (Å²) >= 11 is 1.24. The van der Waals surface area contributed by atoms with Gasteiger partial charge >= 0.3 is 0 Å². The van der Waals surface area contributed by atoms with E-state index in [0.717, 1.165) is 0 Å². The van der Waals surface area contributed by atoms with Crippen LogP contribution < -0.4 is 0 Å². The summed E-state index contributed by atoms with van der Waals surface area (Å²) in [6.45, 7) is 3.88. The molecule has 1 aromatic heterocycles. The molecule has 114 valence electrons. The number of aliphatic imine (C=N–C) groups is 1. The number of ketones is 1. The van der Waals surface area contributed by atoms with Crippen molar-refractivity contribution in [2.75, 3.05) is 0 Å². The van der Waals surface area contributed by atoms with Crippen LogP contribution in [0.2, 0.25) is 0 Å². The number of aromatic nitrogens is 1. The van der Waals surface area contributed by atoms with Crippen LogP contribution in [0, 0.1) is 11.2 Å². The van der Waals surface area contributed by atoms with Crippen LogP contribution in [0.1, 0.15) is 26.7 Å². The van der Waals surface area contributed by atoms with Gasteiger partial charge in [0, 0.05) is 19.1 Å². The van der Waals surface area contributed by atoms with Gasteiger partial charge in [-0.2, -0.15) is 0 Å². The second kappa shape index (κ2) is 5.28. The molecule has 1 aromatic carbocycles. The molecule has 3 rings (SSSR count). The molecule has 6 heteroatoms. The number of rotatable bonds is 2. The molecule has 0 unspecified atom stereocenters. The number of carbonyl (C=O) groups excluding carboxylic acids is 1. The lowest BCUT2D eigenvalue weighted by Crippen LogP contribution is -2.26. The molecule has 1 heterocycles. The van der Waals surface area contributed by atoms with Crippen LogP contribution in [-0.2, 0) is 4.79 Å². The zero-order valence-electron chi connectivity index (χ0n) is 12.3. The van der Waals surface area contributed by atoms with Gasteiger partial charge in [0.2, 0.25) is 5.13 Å². The van der Waals surface area contributed by atoms with Gasteiger partial charge in [0.05, 0.1) is 15.8 Å². The van der Waals surface area contributed by atoms with Crippen LogP contribution in [0.4, 0.5) is 9.52 Å². The highest BCUT2D eigenvalue weighted by molar-refractivity contribution is 7.22. The fourth-order valence-corrected chi connectivity index (χ4v) is 3.35. The highest BCUT2D eigenvalue weighted by Gasteiger charge is 2.32. The van der Waals surface area contributed by atoms with Crippen LogP contribution in [-0.4, -0.2) is 22.1 Å². The van der Waals surface area contributed by atoms with E-state index in [9.17, 15) is 14.3 Å². The van der Waals surface area contributed by atoms with E-state index in [1.807, 2.05) is 13.8 Å². The number of thiazole rings is 1. The predicted molar refractivity (Wildman–Crippen MR) is 85.4 cm³/mol. The third kappa shape index (κ3) is 2.92. The maximum absolute atomic E-state index is 13.2. The first-order valence-electron chi connectivity index (χ1n) is 6.89. The Kier molecular flexibility index (Phi) is 3.56. The summed E-state index contributed by atoms with van der Waals surface area (Å²) in [6, 6.07) is 4.33. The number of halogens is 1. The lowest BCUT2D eigenvalue weighted by molar-refractivity contribution is -0.117. The zero-order chi connectivity index (χ0) is 15.9. The lowest BCUT2D eigenvalue weighted by atomic mass is 9.77. The van der Waals surface area contributed by atoms with Gasteiger partial charge < -0.3 is 5.11 Å². The summed E-state index contributed by atoms with van der Waals surface area (Å²) in [6.07, 6.45) is 2.19. The standard InChI is InChI=1S/C16H15FN2O2S/c1-16(2)6-12(20)10(13(21)7-16)8-18-15-19-11-4-3-9(17)5-14(11)22-15/h3-5,8,20H,6-7H2,1-2H3/b18-8+. The summed E-state index contributed by atoms with van der Waals surface area (Å²) in [5.41, 5.74) is 0.670. The molecule has 0 bridgehead atoms. The van der Waals surface area contributed by atoms with Crippen molar-refractivity contribution in [3.05, 3.63) is 35.3 Å². The summed E-state index contributed by atoms with van der Waals surface area (Å²) in [5, 5.41) is 10.5. The number of nitrogens with zero attached hydrogens (tertiary/aromatic N) is 2. The van der Waals surface area contributed by atoms with Crippen molar-refractivity contribution in [1.82, 2.24) is 4.98 Å². The second-order valence-corrected chi connectivity index (χ2v) is 7.18. The Morgan fingerprint density at radius 1 is 1.41 bits per heavy atom. The van der Waals surface area contributed by atoms with E-state index in [0.29, 0.717) is 28.2 Å². The Balaban J connectivity index is 1.90. The van der Waals surface area contributed by atoms with Gasteiger partial charge in [-0.25, -0.2) is 14.4 Å². The molecule has 2 aromatic rings. The van der Waals surface area contributed by atoms with Crippen LogP contribution in [0.15, 0.2) is 34.5 Å². The summed E-state index contributed by atoms with van der Waals surface area (Å²) in [7, 11) is 0. The third-order valence-corrected chi connectivity index (χ3v) is 4.47. The topological polar surface area (TPSA) is 62.5 Å². The monoisotopic (exact) mass is 318 g/mol. The molecule has 0 radical (unpaired) electrons. The zero-order valence-corrected chi connectivity index (χ0v) is 13.1. The largest absolute Gasteiger partial charge is 0.511 e. The fourth-order valence-electron chi connectivity index (χ4n) is 2.51. The number of carbonyl (C=O) groups is 1. The van der Waals surface area contributed by atoms with Gasteiger partial charge in [-0.15, -0.1) is 0 Å². The molecule has 4 nitrogen and oxygen atoms in total. The SMILES string of the molecule is CC1(C)CC(=O)C(/C=N/c2nc3ccc(F)cc3s2)=C(O)C1. The smallest absolute Gasteiger partial charge is 0.210 e. The number of aliphatic hydroxyl groups is 1. The van der Waals surface area contributed by atoms with E-state index in [1.54, 1.807) is 6.07 Å². The van der Waals surface area contributed by atoms with E-state index in [2.05, 4.69) is 9.98 Å². The predicted octanol–water partition coefficient (Wildman–Crippen LogP) is 4.34. The maximum atomic E-state index is 13.2. The van der Waals surface area contributed by atoms with Gasteiger partial charge in [0.1, 0.15) is 11.6 Å². The minimum absolute atomic E-state index is 0.0668. The number of fused-ring (bicyclic) bond motifs is 1. The minimum Gasteiger partial charge on any atom is -0.511 e. The Hall–Kier alpha value is -2.08. The molecule has 0 atom stereocenters. The summed E-state index contributed by atoms with van der Waals surface area (Å²) in [5.74, 6) is -0.376. The average molecular weight is 318 g/mol. The molecule has 22 heavy (non-hydrogen) atoms. The maximum Gasteiger partial charge on any atom is 0.210 e. The molecular weight excluding hydrogens is 303 g/mol. The van der Waals surface area contributed by atoms with Crippen molar-refractivity contribution in [3.8, 4) is 0 Å². The molecule has 1 N–H and O–H groups in total. The molecule has 1 aliphatic rings. The lowest BCUT2D eigenvalue weighted by Gasteiger charge is -2.28. The van der Waals surface area contributed by atoms with Crippen LogP contribution in [0.25, 0.3) is 10.2 Å². The van der Waals surface area contributed by atoms with Crippen molar-refractivity contribution in [2.45, 2.75) is 26.7 Å². The van der Waals surface area contributed by atoms with Gasteiger partial charge in [0.15, 0.2) is 5.78 Å². The Labute approximate surface area is 131 Å². The number of allylic oxidation sites excluding steroid dienone is 2. The van der Waals surface area contributed by atoms with Crippen molar-refractivity contribution >= 4 is 38.7 Å². The van der Waals surface area contributed by atoms with Crippen molar-refractivity contribution in [3.63, 3.8) is 0 Å². The Morgan fingerprint density at radius 2 is 2.18 bits per heavy atom. The normalized spacial score (nSPS) is 18.6. The summed E-state index contributed by atoms with van der Waals surface area (Å²) < 4.78 is 13.8. The van der Waals surface area contributed by atoms with E-state index >= 15 is 0 Å². The highest BCUT2D eigenvalue weighted by Crippen LogP contribution is 2.35. The molecule has 0 amide bonds. The van der Waals surface area contributed by atoms with Gasteiger partial charge in [-0.3, -0.25) is 4.79 Å². The quantitative estimate of drug-likeness (QED) is 0.838. The molecule has 1 aliphatic carbocycles. The highest BCUT2D eigenvalue weighted by atomic mass is 32.1. The molecule has 0 fully saturated rings. The first kappa shape index (κ1) is 14.8. The van der Waals surface area contributed by atoms with Crippen LogP contribution in [0.3, 0.4) is 0 Å². The van der Waals surface area contributed by atoms with Crippen molar-refractivity contribution in [2.24, 2.45) is 10.4 Å². The van der Waals surface area contributed by atoms with Gasteiger partial charge in [-0.1, -0.05) is 25.2 Å². The second-order valence-electron chi connectivity index (χ2n) is 6.17. The average Bonchev–Trinajstić information content (AvgIpc) is 2.78. The van der Waals surface area contributed by atoms with E-state index in [4.69, 9.17) is 0 Å². The van der Waals surface area contributed by atoms with Crippen LogP contribution in [0.5, 0.6) is 0 Å². The number of benzene rings is 1. The molecule has 0 spiro atoms. The molecule has 0 aliphatic heterocycles. The van der Waals surface area contributed by atoms with E-state index < -0.39 is 0 Å². The number of Topliss-reactive ketones (excluding diaryl/α,β-unsaturated/α-hetero) is 1. The third-order valence-electron chi connectivity index (χ3n) is 3.54. The van der Waals surface area contributed by atoms with E-state index in [1.165, 1.54) is 29.7 Å². The molecule has 0 saturated heterocycles. The van der Waals surface area contributed by atoms with Gasteiger partial charge in [0.25, 0.3) is 0 Å². The number of aliphatic hydroxyl groups excluding tert-OH is 1. The fraction of sp³-hybridized carbons (Fsp3) is 0.312. The molecule has 0 saturated carbocycles. The Morgan fingerprint density at radius 3 is 2.91 bits per heavy atom. The number of hydrogen-bond donors (Lipinski definition) is 1. The number of hydrogen-bond acceptors (Lipinski definition) is 5. The first-order valence-corrected chi connectivity index (χ1v) is 7.71.